The lowest BCUT2D eigenvalue weighted by Crippen LogP contribution is -2.35. The summed E-state index contributed by atoms with van der Waals surface area (Å²) < 4.78 is 5.43. The summed E-state index contributed by atoms with van der Waals surface area (Å²) >= 11 is 0. The Morgan fingerprint density at radius 2 is 2.15 bits per heavy atom. The minimum absolute atomic E-state index is 0.291. The summed E-state index contributed by atoms with van der Waals surface area (Å²) in [5.74, 6) is 0.514. The first-order chi connectivity index (χ1) is 9.67. The van der Waals surface area contributed by atoms with Crippen molar-refractivity contribution in [1.29, 1.82) is 0 Å². The molecule has 0 bridgehead atoms. The lowest BCUT2D eigenvalue weighted by Gasteiger charge is -2.32. The Labute approximate surface area is 120 Å². The average Bonchev–Trinajstić information content (AvgIpc) is 2.41. The van der Waals surface area contributed by atoms with Crippen molar-refractivity contribution in [2.24, 2.45) is 5.92 Å². The fourth-order valence-corrected chi connectivity index (χ4v) is 2.82. The van der Waals surface area contributed by atoms with Crippen LogP contribution in [0.25, 0.3) is 0 Å². The van der Waals surface area contributed by atoms with E-state index >= 15 is 0 Å². The van der Waals surface area contributed by atoms with Gasteiger partial charge < -0.3 is 9.84 Å². The minimum Gasteiger partial charge on any atom is -0.494 e. The Hall–Kier alpha value is -1.55. The van der Waals surface area contributed by atoms with Crippen LogP contribution in [0.1, 0.15) is 31.7 Å². The van der Waals surface area contributed by atoms with Crippen LogP contribution in [-0.4, -0.2) is 35.7 Å². The Morgan fingerprint density at radius 3 is 2.80 bits per heavy atom. The van der Waals surface area contributed by atoms with Crippen molar-refractivity contribution in [2.45, 2.75) is 32.7 Å². The first-order valence-corrected chi connectivity index (χ1v) is 7.33. The zero-order valence-electron chi connectivity index (χ0n) is 12.0. The van der Waals surface area contributed by atoms with Crippen molar-refractivity contribution in [3.63, 3.8) is 0 Å². The van der Waals surface area contributed by atoms with Gasteiger partial charge in [-0.3, -0.25) is 9.69 Å². The molecule has 1 atom stereocenters. The summed E-state index contributed by atoms with van der Waals surface area (Å²) in [6, 6.07) is 8.17. The molecule has 0 amide bonds. The van der Waals surface area contributed by atoms with Gasteiger partial charge in [-0.2, -0.15) is 0 Å². The highest BCUT2D eigenvalue weighted by Gasteiger charge is 2.21. The number of rotatable bonds is 6. The van der Waals surface area contributed by atoms with E-state index in [1.165, 1.54) is 5.56 Å². The van der Waals surface area contributed by atoms with E-state index in [1.807, 2.05) is 19.1 Å². The van der Waals surface area contributed by atoms with Crippen molar-refractivity contribution < 1.29 is 14.6 Å². The fourth-order valence-electron chi connectivity index (χ4n) is 2.82. The zero-order chi connectivity index (χ0) is 14.4. The molecule has 0 aliphatic carbocycles. The molecule has 2 rings (SSSR count). The molecule has 1 aromatic rings. The highest BCUT2D eigenvalue weighted by Crippen LogP contribution is 2.22. The first kappa shape index (κ1) is 14.9. The number of carboxylic acids is 1. The zero-order valence-corrected chi connectivity index (χ0v) is 12.0. The maximum atomic E-state index is 10.8. The van der Waals surface area contributed by atoms with Crippen LogP contribution >= 0.6 is 0 Å². The van der Waals surface area contributed by atoms with Gasteiger partial charge in [0, 0.05) is 19.5 Å². The molecule has 1 aliphatic rings. The van der Waals surface area contributed by atoms with Crippen LogP contribution in [-0.2, 0) is 11.3 Å². The Kier molecular flexibility index (Phi) is 5.41. The van der Waals surface area contributed by atoms with Gasteiger partial charge in [0.25, 0.3) is 0 Å². The number of ether oxygens (including phenoxy) is 1. The molecule has 4 heteroatoms. The molecule has 1 heterocycles. The second kappa shape index (κ2) is 7.29. The van der Waals surface area contributed by atoms with Crippen LogP contribution in [0.4, 0.5) is 0 Å². The molecule has 1 saturated heterocycles. The molecule has 4 nitrogen and oxygen atoms in total. The Morgan fingerprint density at radius 1 is 1.40 bits per heavy atom. The van der Waals surface area contributed by atoms with Crippen molar-refractivity contribution in [3.8, 4) is 5.75 Å². The van der Waals surface area contributed by atoms with Gasteiger partial charge in [-0.15, -0.1) is 0 Å². The van der Waals surface area contributed by atoms with E-state index < -0.39 is 5.97 Å². The van der Waals surface area contributed by atoms with Gasteiger partial charge in [-0.05, 0) is 49.9 Å². The van der Waals surface area contributed by atoms with Gasteiger partial charge in [-0.25, -0.2) is 0 Å². The van der Waals surface area contributed by atoms with Gasteiger partial charge in [-0.1, -0.05) is 12.1 Å². The summed E-state index contributed by atoms with van der Waals surface area (Å²) in [5.41, 5.74) is 1.25. The van der Waals surface area contributed by atoms with Gasteiger partial charge in [0.2, 0.25) is 0 Å². The molecule has 1 fully saturated rings. The van der Waals surface area contributed by atoms with E-state index in [4.69, 9.17) is 9.84 Å². The number of benzene rings is 1. The fraction of sp³-hybridized carbons (Fsp3) is 0.562. The van der Waals surface area contributed by atoms with E-state index in [-0.39, 0.29) is 0 Å². The van der Waals surface area contributed by atoms with Crippen LogP contribution in [0.2, 0.25) is 0 Å². The quantitative estimate of drug-likeness (QED) is 0.868. The topological polar surface area (TPSA) is 49.8 Å². The molecule has 1 unspecified atom stereocenters. The third-order valence-electron chi connectivity index (χ3n) is 3.71. The molecule has 0 saturated carbocycles. The van der Waals surface area contributed by atoms with Crippen LogP contribution in [0, 0.1) is 5.92 Å². The molecular weight excluding hydrogens is 254 g/mol. The predicted octanol–water partition coefficient (Wildman–Crippen LogP) is 2.77. The predicted molar refractivity (Wildman–Crippen MR) is 77.9 cm³/mol. The second-order valence-electron chi connectivity index (χ2n) is 5.42. The summed E-state index contributed by atoms with van der Waals surface area (Å²) in [6.07, 6.45) is 2.42. The lowest BCUT2D eigenvalue weighted by atomic mass is 9.94. The third kappa shape index (κ3) is 4.53. The van der Waals surface area contributed by atoms with Crippen LogP contribution < -0.4 is 4.74 Å². The lowest BCUT2D eigenvalue weighted by molar-refractivity contribution is -0.138. The average molecular weight is 277 g/mol. The van der Waals surface area contributed by atoms with Crippen LogP contribution in [0.3, 0.4) is 0 Å². The number of nitrogens with zero attached hydrogens (tertiary/aromatic N) is 1. The van der Waals surface area contributed by atoms with Crippen molar-refractivity contribution in [3.05, 3.63) is 29.8 Å². The molecule has 1 aromatic carbocycles. The molecule has 0 aromatic heterocycles. The Bertz CT molecular complexity index is 430. The van der Waals surface area contributed by atoms with E-state index in [2.05, 4.69) is 17.0 Å². The summed E-state index contributed by atoms with van der Waals surface area (Å²) in [7, 11) is 0. The van der Waals surface area contributed by atoms with Gasteiger partial charge in [0.1, 0.15) is 5.75 Å². The summed E-state index contributed by atoms with van der Waals surface area (Å²) in [4.78, 5) is 13.2. The largest absolute Gasteiger partial charge is 0.494 e. The minimum atomic E-state index is -0.682. The van der Waals surface area contributed by atoms with E-state index in [9.17, 15) is 4.79 Å². The van der Waals surface area contributed by atoms with E-state index in [0.717, 1.165) is 38.2 Å². The van der Waals surface area contributed by atoms with E-state index in [1.54, 1.807) is 0 Å². The standard InChI is InChI=1S/C16H23NO3/c1-2-20-15-7-5-13(6-8-15)11-17-9-3-4-14(12-17)10-16(18)19/h5-8,14H,2-4,9-12H2,1H3,(H,18,19). The molecule has 20 heavy (non-hydrogen) atoms. The van der Waals surface area contributed by atoms with Gasteiger partial charge in [0.05, 0.1) is 6.61 Å². The normalized spacial score (nSPS) is 19.8. The number of carboxylic acid groups (broad SMARTS) is 1. The molecule has 1 aliphatic heterocycles. The maximum Gasteiger partial charge on any atom is 0.303 e. The highest BCUT2D eigenvalue weighted by molar-refractivity contribution is 5.67. The van der Waals surface area contributed by atoms with Crippen LogP contribution in [0.15, 0.2) is 24.3 Å². The molecule has 1 N–H and O–H groups in total. The number of piperidine rings is 1. The van der Waals surface area contributed by atoms with E-state index in [0.29, 0.717) is 18.9 Å². The first-order valence-electron chi connectivity index (χ1n) is 7.33. The summed E-state index contributed by atoms with van der Waals surface area (Å²) in [6.45, 7) is 5.50. The van der Waals surface area contributed by atoms with Gasteiger partial charge in [0.15, 0.2) is 0 Å². The molecule has 0 spiro atoms. The van der Waals surface area contributed by atoms with Crippen LogP contribution in [0.5, 0.6) is 5.75 Å². The Balaban J connectivity index is 1.87. The summed E-state index contributed by atoms with van der Waals surface area (Å²) in [5, 5.41) is 8.89. The molecule has 110 valence electrons. The van der Waals surface area contributed by atoms with Crippen molar-refractivity contribution in [1.82, 2.24) is 4.90 Å². The smallest absolute Gasteiger partial charge is 0.303 e. The maximum absolute atomic E-state index is 10.8. The molecular formula is C16H23NO3. The SMILES string of the molecule is CCOc1ccc(CN2CCCC(CC(=O)O)C2)cc1. The number of hydrogen-bond donors (Lipinski definition) is 1. The molecule has 0 radical (unpaired) electrons. The van der Waals surface area contributed by atoms with Gasteiger partial charge >= 0.3 is 5.97 Å². The number of likely N-dealkylation sites (tertiary alicyclic amines) is 1. The number of aliphatic carboxylic acids is 1. The van der Waals surface area contributed by atoms with Crippen molar-refractivity contribution in [2.75, 3.05) is 19.7 Å². The third-order valence-corrected chi connectivity index (χ3v) is 3.71. The second-order valence-corrected chi connectivity index (χ2v) is 5.42. The number of carbonyl (C=O) groups is 1. The highest BCUT2D eigenvalue weighted by atomic mass is 16.5. The van der Waals surface area contributed by atoms with Crippen molar-refractivity contribution >= 4 is 5.97 Å². The number of hydrogen-bond acceptors (Lipinski definition) is 3. The monoisotopic (exact) mass is 277 g/mol.